The van der Waals surface area contributed by atoms with Crippen molar-refractivity contribution in [1.29, 1.82) is 0 Å². The molecule has 5 heteroatoms. The molecule has 0 radical (unpaired) electrons. The number of carbonyl (C=O) groups is 1. The molecule has 1 fully saturated rings. The maximum absolute atomic E-state index is 12.7. The van der Waals surface area contributed by atoms with E-state index in [1.807, 2.05) is 68.4 Å². The van der Waals surface area contributed by atoms with E-state index < -0.39 is 5.72 Å². The average Bonchev–Trinajstić information content (AvgIpc) is 2.90. The Balaban J connectivity index is 1.76. The second-order valence-electron chi connectivity index (χ2n) is 6.24. The van der Waals surface area contributed by atoms with Gasteiger partial charge in [0, 0.05) is 4.47 Å². The highest BCUT2D eigenvalue weighted by Gasteiger charge is 2.45. The molecule has 0 N–H and O–H groups in total. The highest BCUT2D eigenvalue weighted by atomic mass is 79.9. The fourth-order valence-corrected chi connectivity index (χ4v) is 3.13. The highest BCUT2D eigenvalue weighted by molar-refractivity contribution is 9.10. The van der Waals surface area contributed by atoms with Crippen molar-refractivity contribution in [2.45, 2.75) is 32.2 Å². The number of amides is 1. The van der Waals surface area contributed by atoms with Gasteiger partial charge in [0.25, 0.3) is 0 Å². The van der Waals surface area contributed by atoms with Crippen LogP contribution in [-0.2, 0) is 16.1 Å². The number of carbonyl (C=O) groups excluding carboxylic acids is 1. The van der Waals surface area contributed by atoms with Gasteiger partial charge in [-0.2, -0.15) is 0 Å². The predicted octanol–water partition coefficient (Wildman–Crippen LogP) is 4.90. The van der Waals surface area contributed by atoms with Gasteiger partial charge in [0.2, 0.25) is 0 Å². The largest absolute Gasteiger partial charge is 0.444 e. The van der Waals surface area contributed by atoms with Crippen LogP contribution in [-0.4, -0.2) is 23.3 Å². The molecular weight excluding hydrogens is 370 g/mol. The summed E-state index contributed by atoms with van der Waals surface area (Å²) in [5.41, 5.74) is 1.29. The Morgan fingerprint density at radius 2 is 1.88 bits per heavy atom. The van der Waals surface area contributed by atoms with E-state index in [9.17, 15) is 4.79 Å². The first kappa shape index (κ1) is 17.0. The minimum atomic E-state index is -0.703. The molecule has 3 rings (SSSR count). The topological polar surface area (TPSA) is 38.8 Å². The van der Waals surface area contributed by atoms with E-state index in [0.29, 0.717) is 6.61 Å². The van der Waals surface area contributed by atoms with E-state index in [2.05, 4.69) is 15.9 Å². The molecule has 4 nitrogen and oxygen atoms in total. The van der Waals surface area contributed by atoms with E-state index in [1.165, 1.54) is 0 Å². The van der Waals surface area contributed by atoms with Crippen molar-refractivity contribution < 1.29 is 14.3 Å². The summed E-state index contributed by atoms with van der Waals surface area (Å²) < 4.78 is 12.4. The van der Waals surface area contributed by atoms with E-state index in [-0.39, 0.29) is 18.7 Å². The zero-order valence-corrected chi connectivity index (χ0v) is 15.3. The van der Waals surface area contributed by atoms with Crippen LogP contribution in [0.25, 0.3) is 0 Å². The number of nitrogens with zero attached hydrogens (tertiary/aromatic N) is 1. The predicted molar refractivity (Wildman–Crippen MR) is 95.4 cm³/mol. The molecule has 1 aliphatic heterocycles. The zero-order valence-electron chi connectivity index (χ0n) is 13.7. The second-order valence-corrected chi connectivity index (χ2v) is 7.15. The van der Waals surface area contributed by atoms with Crippen LogP contribution in [0.4, 0.5) is 4.79 Å². The fourth-order valence-electron chi connectivity index (χ4n) is 2.87. The normalized spacial score (nSPS) is 19.3. The maximum Gasteiger partial charge on any atom is 0.412 e. The highest BCUT2D eigenvalue weighted by Crippen LogP contribution is 2.37. The Hall–Kier alpha value is -1.85. The maximum atomic E-state index is 12.7. The molecule has 1 amide bonds. The lowest BCUT2D eigenvalue weighted by Gasteiger charge is -2.32. The number of rotatable bonds is 3. The van der Waals surface area contributed by atoms with Crippen molar-refractivity contribution in [2.24, 2.45) is 0 Å². The third-order valence-electron chi connectivity index (χ3n) is 4.14. The molecule has 1 saturated heterocycles. The van der Waals surface area contributed by atoms with Crippen molar-refractivity contribution >= 4 is 22.0 Å². The van der Waals surface area contributed by atoms with Gasteiger partial charge in [-0.3, -0.25) is 4.90 Å². The van der Waals surface area contributed by atoms with Crippen molar-refractivity contribution in [2.75, 3.05) is 6.61 Å². The Kier molecular flexibility index (Phi) is 4.92. The minimum Gasteiger partial charge on any atom is -0.444 e. The van der Waals surface area contributed by atoms with Gasteiger partial charge < -0.3 is 9.47 Å². The summed E-state index contributed by atoms with van der Waals surface area (Å²) in [6.45, 7) is 4.47. The third-order valence-corrected chi connectivity index (χ3v) is 4.67. The molecular formula is C19H20BrNO3. The average molecular weight is 390 g/mol. The fraction of sp³-hybridized carbons (Fsp3) is 0.316. The Bertz CT molecular complexity index is 700. The molecule has 126 valence electrons. The van der Waals surface area contributed by atoms with Crippen LogP contribution in [0.3, 0.4) is 0 Å². The summed E-state index contributed by atoms with van der Waals surface area (Å²) in [4.78, 5) is 14.4. The summed E-state index contributed by atoms with van der Waals surface area (Å²) in [5.74, 6) is 0. The molecule has 2 aromatic rings. The zero-order chi connectivity index (χ0) is 17.2. The van der Waals surface area contributed by atoms with Crippen LogP contribution in [0.2, 0.25) is 0 Å². The molecule has 0 spiro atoms. The summed E-state index contributed by atoms with van der Waals surface area (Å²) in [7, 11) is 0. The second kappa shape index (κ2) is 6.95. The molecule has 0 bridgehead atoms. The Morgan fingerprint density at radius 3 is 2.54 bits per heavy atom. The monoisotopic (exact) mass is 389 g/mol. The molecule has 0 saturated carbocycles. The number of halogens is 1. The third kappa shape index (κ3) is 3.62. The molecule has 1 atom stereocenters. The van der Waals surface area contributed by atoms with E-state index in [0.717, 1.165) is 15.6 Å². The van der Waals surface area contributed by atoms with Gasteiger partial charge in [0.1, 0.15) is 12.3 Å². The van der Waals surface area contributed by atoms with Crippen LogP contribution < -0.4 is 0 Å². The standard InChI is InChI=1S/C19H20BrNO3/c1-19(2)21(18(22)23-12-14-6-4-3-5-7-14)17(13-24-19)15-8-10-16(20)11-9-15/h3-11,17H,12-13H2,1-2H3. The van der Waals surface area contributed by atoms with Gasteiger partial charge in [0.15, 0.2) is 0 Å². The number of hydrogen-bond acceptors (Lipinski definition) is 3. The molecule has 24 heavy (non-hydrogen) atoms. The number of ether oxygens (including phenoxy) is 2. The molecule has 1 aliphatic rings. The SMILES string of the molecule is CC1(C)OCC(c2ccc(Br)cc2)N1C(=O)OCc1ccccc1. The first-order valence-corrected chi connectivity index (χ1v) is 8.66. The smallest absolute Gasteiger partial charge is 0.412 e. The van der Waals surface area contributed by atoms with Gasteiger partial charge in [-0.1, -0.05) is 58.4 Å². The van der Waals surface area contributed by atoms with Crippen molar-refractivity contribution in [3.8, 4) is 0 Å². The first-order valence-electron chi connectivity index (χ1n) is 7.87. The van der Waals surface area contributed by atoms with Crippen LogP contribution in [0, 0.1) is 0 Å². The molecule has 1 heterocycles. The Morgan fingerprint density at radius 1 is 1.21 bits per heavy atom. The molecule has 0 aromatic heterocycles. The summed E-state index contributed by atoms with van der Waals surface area (Å²) in [5, 5.41) is 0. The number of benzene rings is 2. The van der Waals surface area contributed by atoms with Crippen LogP contribution in [0.15, 0.2) is 59.1 Å². The molecule has 2 aromatic carbocycles. The van der Waals surface area contributed by atoms with E-state index in [4.69, 9.17) is 9.47 Å². The summed E-state index contributed by atoms with van der Waals surface area (Å²) in [6, 6.07) is 17.4. The van der Waals surface area contributed by atoms with Crippen LogP contribution >= 0.6 is 15.9 Å². The lowest BCUT2D eigenvalue weighted by molar-refractivity contribution is -0.0493. The van der Waals surface area contributed by atoms with Gasteiger partial charge in [-0.25, -0.2) is 4.79 Å². The quantitative estimate of drug-likeness (QED) is 0.749. The van der Waals surface area contributed by atoms with E-state index in [1.54, 1.807) is 4.90 Å². The first-order chi connectivity index (χ1) is 11.5. The van der Waals surface area contributed by atoms with Crippen molar-refractivity contribution in [3.05, 3.63) is 70.2 Å². The van der Waals surface area contributed by atoms with Gasteiger partial charge in [-0.15, -0.1) is 0 Å². The van der Waals surface area contributed by atoms with Gasteiger partial charge in [-0.05, 0) is 37.1 Å². The van der Waals surface area contributed by atoms with Crippen LogP contribution in [0.5, 0.6) is 0 Å². The molecule has 1 unspecified atom stereocenters. The Labute approximate surface area is 150 Å². The van der Waals surface area contributed by atoms with Gasteiger partial charge >= 0.3 is 6.09 Å². The van der Waals surface area contributed by atoms with Crippen LogP contribution in [0.1, 0.15) is 31.0 Å². The van der Waals surface area contributed by atoms with Gasteiger partial charge in [0.05, 0.1) is 12.6 Å². The van der Waals surface area contributed by atoms with Crippen molar-refractivity contribution in [3.63, 3.8) is 0 Å². The molecule has 0 aliphatic carbocycles. The lowest BCUT2D eigenvalue weighted by Crippen LogP contribution is -2.45. The van der Waals surface area contributed by atoms with Crippen molar-refractivity contribution in [1.82, 2.24) is 4.90 Å². The van der Waals surface area contributed by atoms with E-state index >= 15 is 0 Å². The summed E-state index contributed by atoms with van der Waals surface area (Å²) in [6.07, 6.45) is -0.366. The number of hydrogen-bond donors (Lipinski definition) is 0. The minimum absolute atomic E-state index is 0.156. The lowest BCUT2D eigenvalue weighted by atomic mass is 10.1. The summed E-state index contributed by atoms with van der Waals surface area (Å²) >= 11 is 3.43.